The first-order valence-electron chi connectivity index (χ1n) is 3.25. The van der Waals surface area contributed by atoms with Crippen LogP contribution in [0.4, 0.5) is 0 Å². The van der Waals surface area contributed by atoms with Crippen molar-refractivity contribution >= 4 is 31.7 Å². The van der Waals surface area contributed by atoms with Crippen LogP contribution in [0.1, 0.15) is 0 Å². The molecule has 0 fully saturated rings. The second-order valence-corrected chi connectivity index (χ2v) is 4.52. The van der Waals surface area contributed by atoms with E-state index in [9.17, 15) is 8.42 Å². The molecule has 68 valence electrons. The second-order valence-electron chi connectivity index (χ2n) is 2.29. The predicted molar refractivity (Wildman–Crippen MR) is 47.2 cm³/mol. The standard InChI is InChI=1S/C6H4N2O3S2/c9-13(10,11)6-4-1-2-12-5(4)7-3-8-6/h1-3H,(H,9,10,11). The third kappa shape index (κ3) is 1.41. The molecule has 0 spiro atoms. The van der Waals surface area contributed by atoms with Gasteiger partial charge in [0.05, 0.1) is 5.39 Å². The van der Waals surface area contributed by atoms with Crippen molar-refractivity contribution in [3.63, 3.8) is 0 Å². The average molecular weight is 216 g/mol. The SMILES string of the molecule is O=S(=O)(O)c1ncnc2sccc12. The van der Waals surface area contributed by atoms with E-state index in [1.165, 1.54) is 11.3 Å². The second kappa shape index (κ2) is 2.72. The van der Waals surface area contributed by atoms with Crippen LogP contribution in [0.5, 0.6) is 0 Å². The van der Waals surface area contributed by atoms with Gasteiger partial charge >= 0.3 is 10.1 Å². The summed E-state index contributed by atoms with van der Waals surface area (Å²) in [5.74, 6) is 0. The van der Waals surface area contributed by atoms with Crippen LogP contribution < -0.4 is 0 Å². The van der Waals surface area contributed by atoms with E-state index in [0.717, 1.165) is 6.33 Å². The van der Waals surface area contributed by atoms with Crippen LogP contribution in [-0.2, 0) is 10.1 Å². The molecular formula is C6H4N2O3S2. The third-order valence-corrected chi connectivity index (χ3v) is 3.10. The van der Waals surface area contributed by atoms with Gasteiger partial charge in [-0.05, 0) is 11.4 Å². The van der Waals surface area contributed by atoms with E-state index in [0.29, 0.717) is 10.2 Å². The van der Waals surface area contributed by atoms with Crippen molar-refractivity contribution < 1.29 is 13.0 Å². The summed E-state index contributed by atoms with van der Waals surface area (Å²) < 4.78 is 30.4. The van der Waals surface area contributed by atoms with Gasteiger partial charge in [0.25, 0.3) is 0 Å². The molecule has 0 aliphatic rings. The summed E-state index contributed by atoms with van der Waals surface area (Å²) in [4.78, 5) is 7.90. The summed E-state index contributed by atoms with van der Waals surface area (Å²) in [5, 5.41) is 1.71. The molecule has 2 aromatic heterocycles. The predicted octanol–water partition coefficient (Wildman–Crippen LogP) is 0.938. The lowest BCUT2D eigenvalue weighted by Crippen LogP contribution is -2.01. The number of hydrogen-bond acceptors (Lipinski definition) is 5. The van der Waals surface area contributed by atoms with E-state index in [-0.39, 0.29) is 5.03 Å². The van der Waals surface area contributed by atoms with E-state index in [1.807, 2.05) is 0 Å². The normalized spacial score (nSPS) is 12.1. The molecule has 1 N–H and O–H groups in total. The molecule has 0 bridgehead atoms. The van der Waals surface area contributed by atoms with Crippen molar-refractivity contribution in [2.45, 2.75) is 5.03 Å². The number of hydrogen-bond donors (Lipinski definition) is 1. The van der Waals surface area contributed by atoms with Gasteiger partial charge < -0.3 is 0 Å². The summed E-state index contributed by atoms with van der Waals surface area (Å²) in [6.07, 6.45) is 1.11. The zero-order valence-electron chi connectivity index (χ0n) is 6.21. The Hall–Kier alpha value is -1.05. The van der Waals surface area contributed by atoms with Crippen molar-refractivity contribution in [2.24, 2.45) is 0 Å². The third-order valence-electron chi connectivity index (χ3n) is 1.47. The minimum absolute atomic E-state index is 0.334. The van der Waals surface area contributed by atoms with Crippen molar-refractivity contribution in [2.75, 3.05) is 0 Å². The summed E-state index contributed by atoms with van der Waals surface area (Å²) >= 11 is 1.29. The van der Waals surface area contributed by atoms with Gasteiger partial charge in [-0.15, -0.1) is 11.3 Å². The topological polar surface area (TPSA) is 80.2 Å². The Balaban J connectivity index is 2.91. The molecule has 0 aromatic carbocycles. The summed E-state index contributed by atoms with van der Waals surface area (Å²) in [6, 6.07) is 1.56. The highest BCUT2D eigenvalue weighted by Gasteiger charge is 2.16. The van der Waals surface area contributed by atoms with Crippen LogP contribution in [0, 0.1) is 0 Å². The molecule has 0 saturated carbocycles. The van der Waals surface area contributed by atoms with Gasteiger partial charge in [-0.25, -0.2) is 9.97 Å². The monoisotopic (exact) mass is 216 g/mol. The first-order chi connectivity index (χ1) is 6.09. The lowest BCUT2D eigenvalue weighted by atomic mass is 10.4. The maximum Gasteiger partial charge on any atom is 0.312 e. The molecule has 5 nitrogen and oxygen atoms in total. The van der Waals surface area contributed by atoms with Crippen molar-refractivity contribution in [1.29, 1.82) is 0 Å². The molecule has 2 rings (SSSR count). The molecule has 2 heterocycles. The molecule has 0 amide bonds. The van der Waals surface area contributed by atoms with E-state index in [1.54, 1.807) is 11.4 Å². The van der Waals surface area contributed by atoms with Gasteiger partial charge in [0.2, 0.25) is 0 Å². The lowest BCUT2D eigenvalue weighted by molar-refractivity contribution is 0.480. The largest absolute Gasteiger partial charge is 0.312 e. The zero-order chi connectivity index (χ0) is 9.47. The summed E-state index contributed by atoms with van der Waals surface area (Å²) in [6.45, 7) is 0. The Labute approximate surface area is 77.8 Å². The van der Waals surface area contributed by atoms with Crippen molar-refractivity contribution in [3.8, 4) is 0 Å². The van der Waals surface area contributed by atoms with Gasteiger partial charge in [0.1, 0.15) is 11.2 Å². The molecule has 13 heavy (non-hydrogen) atoms. The van der Waals surface area contributed by atoms with Crippen LogP contribution in [-0.4, -0.2) is 22.9 Å². The van der Waals surface area contributed by atoms with Gasteiger partial charge in [-0.3, -0.25) is 4.55 Å². The van der Waals surface area contributed by atoms with E-state index >= 15 is 0 Å². The Morgan fingerprint density at radius 1 is 1.38 bits per heavy atom. The molecule has 0 saturated heterocycles. The van der Waals surface area contributed by atoms with Crippen LogP contribution in [0.15, 0.2) is 22.8 Å². The lowest BCUT2D eigenvalue weighted by Gasteiger charge is -1.95. The van der Waals surface area contributed by atoms with E-state index in [4.69, 9.17) is 4.55 Å². The fourth-order valence-electron chi connectivity index (χ4n) is 0.973. The fourth-order valence-corrected chi connectivity index (χ4v) is 2.39. The minimum Gasteiger partial charge on any atom is -0.281 e. The first kappa shape index (κ1) is 8.54. The summed E-state index contributed by atoms with van der Waals surface area (Å²) in [7, 11) is -4.24. The maximum absolute atomic E-state index is 10.8. The maximum atomic E-state index is 10.8. The molecule has 7 heteroatoms. The molecule has 0 atom stereocenters. The molecule has 2 aromatic rings. The number of nitrogens with zero attached hydrogens (tertiary/aromatic N) is 2. The Morgan fingerprint density at radius 3 is 2.85 bits per heavy atom. The van der Waals surface area contributed by atoms with Crippen molar-refractivity contribution in [1.82, 2.24) is 9.97 Å². The highest BCUT2D eigenvalue weighted by Crippen LogP contribution is 2.22. The van der Waals surface area contributed by atoms with Gasteiger partial charge in [-0.2, -0.15) is 8.42 Å². The fraction of sp³-hybridized carbons (Fsp3) is 0. The Morgan fingerprint density at radius 2 is 2.15 bits per heavy atom. The number of thiophene rings is 1. The van der Waals surface area contributed by atoms with Crippen LogP contribution in [0.3, 0.4) is 0 Å². The van der Waals surface area contributed by atoms with E-state index < -0.39 is 10.1 Å². The van der Waals surface area contributed by atoms with Crippen LogP contribution in [0.25, 0.3) is 10.2 Å². The Bertz CT molecular complexity index is 546. The number of fused-ring (bicyclic) bond motifs is 1. The Kier molecular flexibility index (Phi) is 1.79. The van der Waals surface area contributed by atoms with Crippen LogP contribution in [0.2, 0.25) is 0 Å². The van der Waals surface area contributed by atoms with Gasteiger partial charge in [-0.1, -0.05) is 0 Å². The molecule has 0 radical (unpaired) electrons. The summed E-state index contributed by atoms with van der Waals surface area (Å²) in [5.41, 5.74) is 0. The quantitative estimate of drug-likeness (QED) is 0.566. The average Bonchev–Trinajstić information content (AvgIpc) is 2.48. The molecular weight excluding hydrogens is 212 g/mol. The smallest absolute Gasteiger partial charge is 0.281 e. The molecule has 0 unspecified atom stereocenters. The van der Waals surface area contributed by atoms with Gasteiger partial charge in [0.15, 0.2) is 5.03 Å². The highest BCUT2D eigenvalue weighted by atomic mass is 32.2. The zero-order valence-corrected chi connectivity index (χ0v) is 7.84. The molecule has 0 aliphatic heterocycles. The minimum atomic E-state index is -4.24. The highest BCUT2D eigenvalue weighted by molar-refractivity contribution is 7.86. The number of aromatic nitrogens is 2. The van der Waals surface area contributed by atoms with Gasteiger partial charge in [0, 0.05) is 0 Å². The number of rotatable bonds is 1. The first-order valence-corrected chi connectivity index (χ1v) is 5.57. The van der Waals surface area contributed by atoms with Crippen molar-refractivity contribution in [3.05, 3.63) is 17.8 Å². The van der Waals surface area contributed by atoms with E-state index in [2.05, 4.69) is 9.97 Å². The van der Waals surface area contributed by atoms with Crippen LogP contribution >= 0.6 is 11.3 Å². The molecule has 0 aliphatic carbocycles.